The van der Waals surface area contributed by atoms with Crippen molar-refractivity contribution < 1.29 is 40.6 Å². The van der Waals surface area contributed by atoms with Gasteiger partial charge in [0.25, 0.3) is 0 Å². The molecule has 11 heteroatoms. The van der Waals surface area contributed by atoms with Gasteiger partial charge in [-0.3, -0.25) is 0 Å². The second-order valence-electron chi connectivity index (χ2n) is 7.55. The minimum absolute atomic E-state index is 0.0794. The Balaban J connectivity index is 1.99. The lowest BCUT2D eigenvalue weighted by Gasteiger charge is -2.32. The van der Waals surface area contributed by atoms with Crippen molar-refractivity contribution in [2.75, 3.05) is 4.90 Å². The smallest absolute Gasteiger partial charge is 0.433 e. The molecular formula is C24H19ClF7NO2. The van der Waals surface area contributed by atoms with E-state index in [4.69, 9.17) is 16.3 Å². The van der Waals surface area contributed by atoms with Gasteiger partial charge in [0.15, 0.2) is 0 Å². The number of aliphatic hydroxyl groups is 1. The minimum Gasteiger partial charge on any atom is -0.457 e. The molecule has 0 bridgehead atoms. The van der Waals surface area contributed by atoms with Gasteiger partial charge in [-0.25, -0.2) is 4.39 Å². The van der Waals surface area contributed by atoms with Crippen LogP contribution in [0.3, 0.4) is 0 Å². The summed E-state index contributed by atoms with van der Waals surface area (Å²) in [6, 6.07) is 11.3. The lowest BCUT2D eigenvalue weighted by atomic mass is 10.1. The number of ether oxygens (including phenoxy) is 1. The first-order valence-corrected chi connectivity index (χ1v) is 10.6. The Morgan fingerprint density at radius 3 is 2.23 bits per heavy atom. The van der Waals surface area contributed by atoms with Crippen molar-refractivity contribution in [1.82, 2.24) is 0 Å². The van der Waals surface area contributed by atoms with E-state index in [1.54, 1.807) is 18.2 Å². The van der Waals surface area contributed by atoms with E-state index in [0.29, 0.717) is 40.3 Å². The molecule has 1 atom stereocenters. The second kappa shape index (κ2) is 10.3. The molecule has 0 radical (unpaired) electrons. The van der Waals surface area contributed by atoms with Gasteiger partial charge in [0.2, 0.25) is 6.23 Å². The number of aryl methyl sites for hydroxylation is 1. The Hall–Kier alpha value is -2.98. The maximum Gasteiger partial charge on any atom is 0.433 e. The van der Waals surface area contributed by atoms with Crippen LogP contribution >= 0.6 is 11.6 Å². The van der Waals surface area contributed by atoms with Crippen molar-refractivity contribution >= 4 is 17.3 Å². The van der Waals surface area contributed by atoms with E-state index in [2.05, 4.69) is 0 Å². The van der Waals surface area contributed by atoms with Gasteiger partial charge in [-0.2, -0.15) is 26.3 Å². The van der Waals surface area contributed by atoms with Crippen LogP contribution in [0.25, 0.3) is 0 Å². The zero-order chi connectivity index (χ0) is 26.0. The van der Waals surface area contributed by atoms with Crippen molar-refractivity contribution in [2.45, 2.75) is 38.5 Å². The van der Waals surface area contributed by atoms with Crippen LogP contribution in [0.15, 0.2) is 60.7 Å². The predicted octanol–water partition coefficient (Wildman–Crippen LogP) is 7.74. The third kappa shape index (κ3) is 6.58. The molecule has 0 aromatic heterocycles. The molecule has 0 aliphatic rings. The Morgan fingerprint density at radius 1 is 0.914 bits per heavy atom. The lowest BCUT2D eigenvalue weighted by molar-refractivity contribution is -0.203. The molecule has 3 rings (SSSR count). The van der Waals surface area contributed by atoms with E-state index in [-0.39, 0.29) is 11.4 Å². The number of hydrogen-bond donors (Lipinski definition) is 1. The van der Waals surface area contributed by atoms with Crippen LogP contribution in [0, 0.1) is 5.82 Å². The van der Waals surface area contributed by atoms with E-state index < -0.39 is 42.1 Å². The highest BCUT2D eigenvalue weighted by Crippen LogP contribution is 2.35. The Bertz CT molecular complexity index is 1180. The molecule has 0 saturated carbocycles. The highest BCUT2D eigenvalue weighted by atomic mass is 35.5. The molecule has 0 spiro atoms. The van der Waals surface area contributed by atoms with Gasteiger partial charge in [0.05, 0.1) is 5.56 Å². The number of anilines is 1. The largest absolute Gasteiger partial charge is 0.457 e. The van der Waals surface area contributed by atoms with Crippen LogP contribution in [0.2, 0.25) is 5.02 Å². The first kappa shape index (κ1) is 26.6. The highest BCUT2D eigenvalue weighted by molar-refractivity contribution is 6.31. The van der Waals surface area contributed by atoms with Crippen molar-refractivity contribution in [2.24, 2.45) is 0 Å². The molecule has 3 aromatic carbocycles. The summed E-state index contributed by atoms with van der Waals surface area (Å²) in [5, 5.41) is 10.5. The van der Waals surface area contributed by atoms with E-state index in [0.717, 1.165) is 11.6 Å². The number of nitrogens with zero attached hydrogens (tertiary/aromatic N) is 1. The standard InChI is InChI=1S/C24H19ClF7NO2/c1-2-14-11-19(7-8-20(14)25)35-18-5-3-4-17(12-18)33(22(34)24(30,31)32)13-15-10-16(23(27,28)29)6-9-21(15)26/h3-12,22,34H,2,13H2,1H3/t22-/m0/s1. The molecule has 0 unspecified atom stereocenters. The summed E-state index contributed by atoms with van der Waals surface area (Å²) in [7, 11) is 0. The minimum atomic E-state index is -5.18. The molecule has 1 N–H and O–H groups in total. The monoisotopic (exact) mass is 521 g/mol. The molecule has 0 amide bonds. The topological polar surface area (TPSA) is 32.7 Å². The molecule has 3 aromatic rings. The van der Waals surface area contributed by atoms with Crippen LogP contribution < -0.4 is 9.64 Å². The molecule has 0 fully saturated rings. The SMILES string of the molecule is CCc1cc(Oc2cccc(N(Cc3cc(C(F)(F)F)ccc3F)[C@@H](O)C(F)(F)F)c2)ccc1Cl. The molecule has 0 aliphatic heterocycles. The summed E-state index contributed by atoms with van der Waals surface area (Å²) >= 11 is 6.08. The lowest BCUT2D eigenvalue weighted by Crippen LogP contribution is -2.45. The van der Waals surface area contributed by atoms with E-state index >= 15 is 0 Å². The average Bonchev–Trinajstić information content (AvgIpc) is 2.78. The number of alkyl halides is 6. The van der Waals surface area contributed by atoms with Gasteiger partial charge >= 0.3 is 12.4 Å². The highest BCUT2D eigenvalue weighted by Gasteiger charge is 2.43. The van der Waals surface area contributed by atoms with E-state index in [9.17, 15) is 35.8 Å². The second-order valence-corrected chi connectivity index (χ2v) is 7.96. The predicted molar refractivity (Wildman–Crippen MR) is 117 cm³/mol. The normalized spacial score (nSPS) is 13.0. The summed E-state index contributed by atoms with van der Waals surface area (Å²) in [5.41, 5.74) is -1.40. The fourth-order valence-electron chi connectivity index (χ4n) is 3.30. The Labute approximate surface area is 201 Å². The zero-order valence-electron chi connectivity index (χ0n) is 18.1. The first-order chi connectivity index (χ1) is 16.3. The summed E-state index contributed by atoms with van der Waals surface area (Å²) in [4.78, 5) is 0.338. The fraction of sp³-hybridized carbons (Fsp3) is 0.250. The van der Waals surface area contributed by atoms with Crippen LogP contribution in [0.1, 0.15) is 23.6 Å². The van der Waals surface area contributed by atoms with Crippen LogP contribution in [0.4, 0.5) is 36.4 Å². The van der Waals surface area contributed by atoms with Crippen molar-refractivity contribution in [3.8, 4) is 11.5 Å². The van der Waals surface area contributed by atoms with Crippen LogP contribution in [-0.4, -0.2) is 17.5 Å². The number of halogens is 8. The number of benzene rings is 3. The molecule has 188 valence electrons. The van der Waals surface area contributed by atoms with Gasteiger partial charge in [0.1, 0.15) is 17.3 Å². The van der Waals surface area contributed by atoms with Gasteiger partial charge in [0, 0.05) is 28.9 Å². The molecule has 35 heavy (non-hydrogen) atoms. The summed E-state index contributed by atoms with van der Waals surface area (Å²) in [6.07, 6.45) is -12.5. The van der Waals surface area contributed by atoms with Crippen LogP contribution in [0.5, 0.6) is 11.5 Å². The number of aliphatic hydroxyl groups excluding tert-OH is 1. The Morgan fingerprint density at radius 2 is 1.60 bits per heavy atom. The van der Waals surface area contributed by atoms with Crippen molar-refractivity contribution in [3.05, 3.63) is 88.2 Å². The summed E-state index contributed by atoms with van der Waals surface area (Å²) in [5.74, 6) is -0.732. The van der Waals surface area contributed by atoms with Gasteiger partial charge in [-0.1, -0.05) is 24.6 Å². The maximum atomic E-state index is 14.3. The number of rotatable bonds is 7. The average molecular weight is 522 g/mol. The summed E-state index contributed by atoms with van der Waals surface area (Å²) < 4.78 is 99.4. The summed E-state index contributed by atoms with van der Waals surface area (Å²) in [6.45, 7) is 0.871. The van der Waals surface area contributed by atoms with Gasteiger partial charge < -0.3 is 14.7 Å². The molecule has 3 nitrogen and oxygen atoms in total. The maximum absolute atomic E-state index is 14.3. The fourth-order valence-corrected chi connectivity index (χ4v) is 3.55. The van der Waals surface area contributed by atoms with Gasteiger partial charge in [-0.15, -0.1) is 0 Å². The van der Waals surface area contributed by atoms with Gasteiger partial charge in [-0.05, 0) is 60.5 Å². The first-order valence-electron chi connectivity index (χ1n) is 10.2. The zero-order valence-corrected chi connectivity index (χ0v) is 18.8. The van der Waals surface area contributed by atoms with E-state index in [1.807, 2.05) is 6.92 Å². The van der Waals surface area contributed by atoms with E-state index in [1.165, 1.54) is 18.2 Å². The van der Waals surface area contributed by atoms with Crippen molar-refractivity contribution in [1.29, 1.82) is 0 Å². The molecule has 0 saturated heterocycles. The van der Waals surface area contributed by atoms with Crippen molar-refractivity contribution in [3.63, 3.8) is 0 Å². The quantitative estimate of drug-likeness (QED) is 0.255. The molecule has 0 heterocycles. The number of hydrogen-bond acceptors (Lipinski definition) is 3. The Kier molecular flexibility index (Phi) is 7.86. The third-order valence-electron chi connectivity index (χ3n) is 5.08. The third-order valence-corrected chi connectivity index (χ3v) is 5.45. The molecular weight excluding hydrogens is 503 g/mol. The molecule has 0 aliphatic carbocycles. The van der Waals surface area contributed by atoms with Crippen LogP contribution in [-0.2, 0) is 19.1 Å².